The minimum Gasteiger partial charge on any atom is -1.00 e. The number of pyridine rings is 2. The van der Waals surface area contributed by atoms with Crippen LogP contribution in [0, 0.1) is 13.8 Å². The van der Waals surface area contributed by atoms with Crippen molar-refractivity contribution in [2.75, 3.05) is 0 Å². The Morgan fingerprint density at radius 1 is 0.650 bits per heavy atom. The molecule has 0 fully saturated rings. The quantitative estimate of drug-likeness (QED) is 0.361. The maximum absolute atomic E-state index is 2.26. The number of nitrogens with zero attached hydrogens (tertiary/aromatic N) is 2. The molecular formula is C16H22Br2N2. The van der Waals surface area contributed by atoms with Gasteiger partial charge in [-0.1, -0.05) is 0 Å². The van der Waals surface area contributed by atoms with Crippen molar-refractivity contribution in [3.8, 4) is 0 Å². The van der Waals surface area contributed by atoms with Crippen molar-refractivity contribution >= 4 is 0 Å². The lowest BCUT2D eigenvalue weighted by Gasteiger charge is -1.98. The van der Waals surface area contributed by atoms with Crippen LogP contribution in [0.3, 0.4) is 0 Å². The van der Waals surface area contributed by atoms with Crippen molar-refractivity contribution in [3.63, 3.8) is 0 Å². The number of hydrogen-bond acceptors (Lipinski definition) is 0. The van der Waals surface area contributed by atoms with E-state index in [0.29, 0.717) is 0 Å². The molecule has 0 radical (unpaired) electrons. The Labute approximate surface area is 143 Å². The molecule has 0 N–H and O–H groups in total. The molecule has 0 atom stereocenters. The highest BCUT2D eigenvalue weighted by Crippen LogP contribution is 1.94. The van der Waals surface area contributed by atoms with Crippen LogP contribution in [0.1, 0.15) is 24.0 Å². The van der Waals surface area contributed by atoms with Gasteiger partial charge in [0.05, 0.1) is 0 Å². The topological polar surface area (TPSA) is 7.76 Å². The molecule has 0 saturated carbocycles. The lowest BCUT2D eigenvalue weighted by Crippen LogP contribution is -3.00. The summed E-state index contributed by atoms with van der Waals surface area (Å²) in [7, 11) is 0. The summed E-state index contributed by atoms with van der Waals surface area (Å²) in [6.07, 6.45) is 11.1. The zero-order chi connectivity index (χ0) is 12.8. The second-order valence-corrected chi connectivity index (χ2v) is 4.93. The Hall–Kier alpha value is -0.740. The molecule has 0 unspecified atom stereocenters. The Bertz CT molecular complexity index is 433. The molecular weight excluding hydrogens is 380 g/mol. The van der Waals surface area contributed by atoms with Gasteiger partial charge in [0.15, 0.2) is 24.8 Å². The molecule has 0 saturated heterocycles. The molecule has 2 aromatic heterocycles. The highest BCUT2D eigenvalue weighted by Gasteiger charge is 2.02. The maximum Gasteiger partial charge on any atom is 0.169 e. The van der Waals surface area contributed by atoms with Crippen LogP contribution in [-0.4, -0.2) is 0 Å². The van der Waals surface area contributed by atoms with Crippen LogP contribution >= 0.6 is 0 Å². The number of halogens is 2. The lowest BCUT2D eigenvalue weighted by molar-refractivity contribution is -0.708. The third-order valence-electron chi connectivity index (χ3n) is 3.20. The van der Waals surface area contributed by atoms with Crippen LogP contribution in [-0.2, 0) is 13.1 Å². The summed E-state index contributed by atoms with van der Waals surface area (Å²) in [6.45, 7) is 6.45. The number of aryl methyl sites for hydroxylation is 4. The van der Waals surface area contributed by atoms with Gasteiger partial charge in [-0.3, -0.25) is 0 Å². The lowest BCUT2D eigenvalue weighted by atomic mass is 10.2. The van der Waals surface area contributed by atoms with Crippen LogP contribution in [0.25, 0.3) is 0 Å². The van der Waals surface area contributed by atoms with E-state index in [0.717, 1.165) is 13.1 Å². The first-order valence-corrected chi connectivity index (χ1v) is 6.65. The van der Waals surface area contributed by atoms with Gasteiger partial charge < -0.3 is 34.0 Å². The van der Waals surface area contributed by atoms with Crippen molar-refractivity contribution in [3.05, 3.63) is 60.2 Å². The van der Waals surface area contributed by atoms with Gasteiger partial charge in [-0.2, -0.15) is 0 Å². The number of aromatic nitrogens is 2. The minimum absolute atomic E-state index is 0. The third-order valence-corrected chi connectivity index (χ3v) is 3.20. The van der Waals surface area contributed by atoms with E-state index >= 15 is 0 Å². The fourth-order valence-electron chi connectivity index (χ4n) is 1.95. The van der Waals surface area contributed by atoms with Gasteiger partial charge >= 0.3 is 0 Å². The fourth-order valence-corrected chi connectivity index (χ4v) is 1.95. The van der Waals surface area contributed by atoms with E-state index in [1.54, 1.807) is 0 Å². The molecule has 4 heteroatoms. The molecule has 110 valence electrons. The molecule has 0 spiro atoms. The van der Waals surface area contributed by atoms with E-state index in [4.69, 9.17) is 0 Å². The summed E-state index contributed by atoms with van der Waals surface area (Å²) >= 11 is 0. The normalized spacial score (nSPS) is 9.50. The molecule has 0 aliphatic heterocycles. The van der Waals surface area contributed by atoms with Crippen molar-refractivity contribution in [2.45, 2.75) is 39.8 Å². The van der Waals surface area contributed by atoms with Gasteiger partial charge in [0, 0.05) is 37.1 Å². The van der Waals surface area contributed by atoms with E-state index in [2.05, 4.69) is 72.0 Å². The summed E-state index contributed by atoms with van der Waals surface area (Å²) in [5.41, 5.74) is 2.64. The molecule has 2 heterocycles. The van der Waals surface area contributed by atoms with Gasteiger partial charge in [0.25, 0.3) is 0 Å². The largest absolute Gasteiger partial charge is 1.00 e. The summed E-state index contributed by atoms with van der Waals surface area (Å²) in [6, 6.07) is 8.65. The van der Waals surface area contributed by atoms with Gasteiger partial charge in [-0.05, 0) is 25.0 Å². The number of hydrogen-bond donors (Lipinski definition) is 0. The molecule has 0 aromatic carbocycles. The Morgan fingerprint density at radius 3 is 1.25 bits per heavy atom. The van der Waals surface area contributed by atoms with Crippen molar-refractivity contribution < 1.29 is 43.1 Å². The Kier molecular flexibility index (Phi) is 9.68. The van der Waals surface area contributed by atoms with Gasteiger partial charge in [-0.15, -0.1) is 0 Å². The van der Waals surface area contributed by atoms with E-state index in [-0.39, 0.29) is 34.0 Å². The number of unbranched alkanes of at least 4 members (excludes halogenated alkanes) is 1. The van der Waals surface area contributed by atoms with Crippen molar-refractivity contribution in [2.24, 2.45) is 0 Å². The highest BCUT2D eigenvalue weighted by atomic mass is 79.9. The fraction of sp³-hybridized carbons (Fsp3) is 0.375. The molecule has 0 aliphatic rings. The van der Waals surface area contributed by atoms with Crippen LogP contribution in [0.15, 0.2) is 49.1 Å². The average molecular weight is 402 g/mol. The zero-order valence-electron chi connectivity index (χ0n) is 12.1. The first kappa shape index (κ1) is 19.3. The number of rotatable bonds is 5. The molecule has 20 heavy (non-hydrogen) atoms. The summed E-state index contributed by atoms with van der Waals surface area (Å²) in [5.74, 6) is 0. The van der Waals surface area contributed by atoms with E-state index in [1.165, 1.54) is 24.0 Å². The maximum atomic E-state index is 2.26. The molecule has 2 rings (SSSR count). The van der Waals surface area contributed by atoms with Crippen molar-refractivity contribution in [1.29, 1.82) is 0 Å². The van der Waals surface area contributed by atoms with Crippen LogP contribution in [0.5, 0.6) is 0 Å². The molecule has 0 aliphatic carbocycles. The monoisotopic (exact) mass is 400 g/mol. The summed E-state index contributed by atoms with van der Waals surface area (Å²) < 4.78 is 4.51. The molecule has 2 nitrogen and oxygen atoms in total. The predicted octanol–water partition coefficient (Wildman–Crippen LogP) is -3.63. The van der Waals surface area contributed by atoms with Crippen LogP contribution in [0.4, 0.5) is 0 Å². The van der Waals surface area contributed by atoms with Crippen molar-refractivity contribution in [1.82, 2.24) is 0 Å². The highest BCUT2D eigenvalue weighted by molar-refractivity contribution is 5.03. The minimum atomic E-state index is 0. The van der Waals surface area contributed by atoms with Crippen LogP contribution in [0.2, 0.25) is 0 Å². The first-order valence-electron chi connectivity index (χ1n) is 6.65. The second-order valence-electron chi connectivity index (χ2n) is 4.93. The smallest absolute Gasteiger partial charge is 0.169 e. The van der Waals surface area contributed by atoms with E-state index < -0.39 is 0 Å². The summed E-state index contributed by atoms with van der Waals surface area (Å²) in [4.78, 5) is 0. The SMILES string of the molecule is Cc1cc[n+](CCCC[n+]2ccc(C)cc2)cc1.[Br-].[Br-]. The second kappa shape index (κ2) is 10.1. The van der Waals surface area contributed by atoms with E-state index in [1.807, 2.05) is 0 Å². The molecule has 0 bridgehead atoms. The molecule has 2 aromatic rings. The van der Waals surface area contributed by atoms with E-state index in [9.17, 15) is 0 Å². The van der Waals surface area contributed by atoms with Gasteiger partial charge in [0.1, 0.15) is 13.1 Å². The van der Waals surface area contributed by atoms with Crippen LogP contribution < -0.4 is 43.1 Å². The molecule has 0 amide bonds. The standard InChI is InChI=1S/C16H22N2.2BrH/c1-15-5-11-17(12-6-15)9-3-4-10-18-13-7-16(2)8-14-18;;/h5-8,11-14H,3-4,9-10H2,1-2H3;2*1H/q+2;;/p-2. The predicted molar refractivity (Wildman–Crippen MR) is 72.0 cm³/mol. The Morgan fingerprint density at radius 2 is 0.950 bits per heavy atom. The zero-order valence-corrected chi connectivity index (χ0v) is 15.3. The first-order chi connectivity index (χ1) is 8.74. The van der Waals surface area contributed by atoms with Gasteiger partial charge in [-0.25, -0.2) is 9.13 Å². The third kappa shape index (κ3) is 6.62. The summed E-state index contributed by atoms with van der Waals surface area (Å²) in [5, 5.41) is 0. The van der Waals surface area contributed by atoms with Gasteiger partial charge in [0.2, 0.25) is 0 Å². The Balaban J connectivity index is 0.00000180. The average Bonchev–Trinajstić information content (AvgIpc) is 2.39.